The molecule has 0 saturated carbocycles. The zero-order valence-electron chi connectivity index (χ0n) is 11.5. The van der Waals surface area contributed by atoms with Crippen LogP contribution in [0.4, 0.5) is 5.95 Å². The predicted molar refractivity (Wildman–Crippen MR) is 77.4 cm³/mol. The van der Waals surface area contributed by atoms with Crippen LogP contribution < -0.4 is 5.32 Å². The first-order chi connectivity index (χ1) is 10.1. The number of rotatable bonds is 4. The maximum absolute atomic E-state index is 5.94. The molecule has 3 rings (SSSR count). The van der Waals surface area contributed by atoms with E-state index in [1.54, 1.807) is 23.3 Å². The fraction of sp³-hybridized carbons (Fsp3) is 0.231. The second-order valence-electron chi connectivity index (χ2n) is 4.51. The zero-order chi connectivity index (χ0) is 14.8. The van der Waals surface area contributed by atoms with E-state index in [9.17, 15) is 0 Å². The molecule has 0 aromatic carbocycles. The summed E-state index contributed by atoms with van der Waals surface area (Å²) in [5, 5.41) is 3.25. The molecule has 0 aliphatic rings. The van der Waals surface area contributed by atoms with Crippen molar-refractivity contribution in [2.24, 2.45) is 0 Å². The highest BCUT2D eigenvalue weighted by Crippen LogP contribution is 2.20. The molecule has 0 aliphatic carbocycles. The number of anilines is 1. The number of aryl methyl sites for hydroxylation is 1. The van der Waals surface area contributed by atoms with Crippen molar-refractivity contribution in [2.45, 2.75) is 19.9 Å². The van der Waals surface area contributed by atoms with Crippen LogP contribution in [0, 0.1) is 6.92 Å². The predicted octanol–water partition coefficient (Wildman–Crippen LogP) is 2.79. The van der Waals surface area contributed by atoms with Gasteiger partial charge in [-0.1, -0.05) is 0 Å². The van der Waals surface area contributed by atoms with E-state index in [1.165, 1.54) is 0 Å². The third-order valence-electron chi connectivity index (χ3n) is 2.87. The summed E-state index contributed by atoms with van der Waals surface area (Å²) in [6, 6.07) is 3.73. The van der Waals surface area contributed by atoms with E-state index < -0.39 is 0 Å². The molecular weight excluding hydrogens is 292 g/mol. The zero-order valence-corrected chi connectivity index (χ0v) is 12.2. The number of imidazole rings is 1. The van der Waals surface area contributed by atoms with Gasteiger partial charge in [0.15, 0.2) is 0 Å². The summed E-state index contributed by atoms with van der Waals surface area (Å²) in [5.41, 5.74) is 0. The summed E-state index contributed by atoms with van der Waals surface area (Å²) in [4.78, 5) is 16.4. The fourth-order valence-electron chi connectivity index (χ4n) is 1.85. The lowest BCUT2D eigenvalue weighted by atomic mass is 10.2. The molecule has 108 valence electrons. The molecule has 1 atom stereocenters. The van der Waals surface area contributed by atoms with E-state index in [0.717, 1.165) is 11.5 Å². The maximum Gasteiger partial charge on any atom is 0.241 e. The lowest BCUT2D eigenvalue weighted by Crippen LogP contribution is -2.11. The van der Waals surface area contributed by atoms with Gasteiger partial charge in [-0.2, -0.15) is 15.0 Å². The molecule has 3 heterocycles. The van der Waals surface area contributed by atoms with E-state index in [1.807, 2.05) is 26.0 Å². The van der Waals surface area contributed by atoms with Gasteiger partial charge >= 0.3 is 0 Å². The van der Waals surface area contributed by atoms with Crippen LogP contribution in [0.25, 0.3) is 5.95 Å². The van der Waals surface area contributed by atoms with Gasteiger partial charge in [-0.3, -0.25) is 4.57 Å². The molecule has 1 unspecified atom stereocenters. The van der Waals surface area contributed by atoms with Crippen LogP contribution in [0.15, 0.2) is 35.3 Å². The van der Waals surface area contributed by atoms with Gasteiger partial charge in [0, 0.05) is 12.4 Å². The first kappa shape index (κ1) is 13.6. The van der Waals surface area contributed by atoms with Gasteiger partial charge in [0.25, 0.3) is 0 Å². The molecular formula is C13H13ClN6O. The first-order valence-corrected chi connectivity index (χ1v) is 6.72. The molecule has 1 N–H and O–H groups in total. The van der Waals surface area contributed by atoms with Crippen molar-refractivity contribution in [1.82, 2.24) is 24.5 Å². The Kier molecular flexibility index (Phi) is 3.57. The first-order valence-electron chi connectivity index (χ1n) is 6.34. The van der Waals surface area contributed by atoms with Crippen LogP contribution in [0.1, 0.15) is 24.5 Å². The van der Waals surface area contributed by atoms with Crippen LogP contribution in [-0.2, 0) is 0 Å². The largest absolute Gasteiger partial charge is 0.464 e. The van der Waals surface area contributed by atoms with Crippen LogP contribution in [0.3, 0.4) is 0 Å². The molecule has 0 aliphatic heterocycles. The van der Waals surface area contributed by atoms with Gasteiger partial charge in [-0.15, -0.1) is 0 Å². The molecule has 0 saturated heterocycles. The van der Waals surface area contributed by atoms with E-state index in [-0.39, 0.29) is 11.3 Å². The highest BCUT2D eigenvalue weighted by atomic mass is 35.5. The van der Waals surface area contributed by atoms with Crippen molar-refractivity contribution in [3.63, 3.8) is 0 Å². The van der Waals surface area contributed by atoms with Gasteiger partial charge in [0.05, 0.1) is 6.04 Å². The van der Waals surface area contributed by atoms with Crippen LogP contribution >= 0.6 is 11.6 Å². The lowest BCUT2D eigenvalue weighted by Gasteiger charge is -2.12. The minimum atomic E-state index is -0.0900. The van der Waals surface area contributed by atoms with Gasteiger partial charge in [0.2, 0.25) is 17.2 Å². The Morgan fingerprint density at radius 3 is 2.81 bits per heavy atom. The van der Waals surface area contributed by atoms with Crippen molar-refractivity contribution in [2.75, 3.05) is 5.32 Å². The SMILES string of the molecule is Cc1ccc(C(C)Nc2nc(Cl)nc(-n3ccnc3)n2)o1. The normalized spacial score (nSPS) is 12.3. The summed E-state index contributed by atoms with van der Waals surface area (Å²) in [6.45, 7) is 3.85. The van der Waals surface area contributed by atoms with Crippen LogP contribution in [0.2, 0.25) is 5.28 Å². The molecule has 8 heteroatoms. The average molecular weight is 305 g/mol. The Balaban J connectivity index is 1.85. The number of hydrogen-bond acceptors (Lipinski definition) is 6. The van der Waals surface area contributed by atoms with Gasteiger partial charge < -0.3 is 9.73 Å². The lowest BCUT2D eigenvalue weighted by molar-refractivity contribution is 0.466. The third kappa shape index (κ3) is 3.03. The minimum absolute atomic E-state index is 0.0900. The summed E-state index contributed by atoms with van der Waals surface area (Å²) in [5.74, 6) is 2.43. The van der Waals surface area contributed by atoms with E-state index in [2.05, 4.69) is 25.3 Å². The molecule has 3 aromatic rings. The quantitative estimate of drug-likeness (QED) is 0.798. The number of nitrogens with one attached hydrogen (secondary N) is 1. The van der Waals surface area contributed by atoms with Crippen molar-refractivity contribution in [3.05, 3.63) is 47.7 Å². The van der Waals surface area contributed by atoms with E-state index >= 15 is 0 Å². The second-order valence-corrected chi connectivity index (χ2v) is 4.85. The summed E-state index contributed by atoms with van der Waals surface area (Å²) < 4.78 is 7.22. The Morgan fingerprint density at radius 2 is 2.14 bits per heavy atom. The topological polar surface area (TPSA) is 81.7 Å². The second kappa shape index (κ2) is 5.53. The molecule has 3 aromatic heterocycles. The Bertz CT molecular complexity index is 739. The summed E-state index contributed by atoms with van der Waals surface area (Å²) in [6.07, 6.45) is 4.96. The molecule has 0 fully saturated rings. The number of halogens is 1. The molecule has 0 radical (unpaired) electrons. The number of furan rings is 1. The summed E-state index contributed by atoms with van der Waals surface area (Å²) >= 11 is 5.94. The Hall–Kier alpha value is -2.41. The third-order valence-corrected chi connectivity index (χ3v) is 3.03. The van der Waals surface area contributed by atoms with Gasteiger partial charge in [-0.05, 0) is 37.6 Å². The Morgan fingerprint density at radius 1 is 1.29 bits per heavy atom. The average Bonchev–Trinajstić information content (AvgIpc) is 3.08. The number of hydrogen-bond donors (Lipinski definition) is 1. The molecule has 21 heavy (non-hydrogen) atoms. The minimum Gasteiger partial charge on any atom is -0.464 e. The highest BCUT2D eigenvalue weighted by molar-refractivity contribution is 6.28. The van der Waals surface area contributed by atoms with Gasteiger partial charge in [0.1, 0.15) is 17.8 Å². The highest BCUT2D eigenvalue weighted by Gasteiger charge is 2.13. The molecule has 0 bridgehead atoms. The van der Waals surface area contributed by atoms with Gasteiger partial charge in [-0.25, -0.2) is 4.98 Å². The van der Waals surface area contributed by atoms with E-state index in [4.69, 9.17) is 16.0 Å². The van der Waals surface area contributed by atoms with Crippen LogP contribution in [0.5, 0.6) is 0 Å². The Labute approximate surface area is 126 Å². The molecule has 0 spiro atoms. The van der Waals surface area contributed by atoms with Crippen molar-refractivity contribution in [1.29, 1.82) is 0 Å². The van der Waals surface area contributed by atoms with Crippen LogP contribution in [-0.4, -0.2) is 24.5 Å². The fourth-order valence-corrected chi connectivity index (χ4v) is 2.00. The number of nitrogens with zero attached hydrogens (tertiary/aromatic N) is 5. The van der Waals surface area contributed by atoms with Crippen molar-refractivity contribution in [3.8, 4) is 5.95 Å². The smallest absolute Gasteiger partial charge is 0.241 e. The monoisotopic (exact) mass is 304 g/mol. The van der Waals surface area contributed by atoms with E-state index in [0.29, 0.717) is 11.9 Å². The van der Waals surface area contributed by atoms with Crippen molar-refractivity contribution >= 4 is 17.5 Å². The van der Waals surface area contributed by atoms with Crippen molar-refractivity contribution < 1.29 is 4.42 Å². The molecule has 7 nitrogen and oxygen atoms in total. The standard InChI is InChI=1S/C13H13ClN6O/c1-8-3-4-10(21-8)9(2)16-12-17-11(14)18-13(19-12)20-6-5-15-7-20/h3-7,9H,1-2H3,(H,16,17,18,19). The summed E-state index contributed by atoms with van der Waals surface area (Å²) in [7, 11) is 0. The number of aromatic nitrogens is 5. The maximum atomic E-state index is 5.94. The molecule has 0 amide bonds.